The number of carbonyl (C=O) groups is 2. The highest BCUT2D eigenvalue weighted by molar-refractivity contribution is 6.01. The van der Waals surface area contributed by atoms with Crippen molar-refractivity contribution in [1.29, 1.82) is 0 Å². The fourth-order valence-corrected chi connectivity index (χ4v) is 4.13. The number of benzene rings is 2. The first-order valence-electron chi connectivity index (χ1n) is 11.5. The van der Waals surface area contributed by atoms with Gasteiger partial charge in [-0.15, -0.1) is 0 Å². The monoisotopic (exact) mass is 454 g/mol. The van der Waals surface area contributed by atoms with Gasteiger partial charge >= 0.3 is 6.09 Å². The summed E-state index contributed by atoms with van der Waals surface area (Å²) in [4.78, 5) is 29.2. The van der Waals surface area contributed by atoms with Gasteiger partial charge in [0.25, 0.3) is 5.91 Å². The first kappa shape index (κ1) is 24.7. The van der Waals surface area contributed by atoms with Crippen LogP contribution in [0.15, 0.2) is 48.5 Å². The minimum atomic E-state index is -0.410. The summed E-state index contributed by atoms with van der Waals surface area (Å²) < 4.78 is 11.5. The van der Waals surface area contributed by atoms with Crippen molar-refractivity contribution < 1.29 is 24.2 Å². The van der Waals surface area contributed by atoms with Crippen LogP contribution in [0, 0.1) is 5.92 Å². The molecule has 7 nitrogen and oxygen atoms in total. The summed E-state index contributed by atoms with van der Waals surface area (Å²) in [6, 6.07) is 15.1. The van der Waals surface area contributed by atoms with E-state index in [2.05, 4.69) is 0 Å². The molecule has 3 rings (SSSR count). The summed E-state index contributed by atoms with van der Waals surface area (Å²) in [6.45, 7) is 6.81. The highest BCUT2D eigenvalue weighted by atomic mass is 16.6. The molecule has 0 saturated carbocycles. The largest absolute Gasteiger partial charge is 0.450 e. The molecular formula is C26H34N2O5. The number of fused-ring (bicyclic) bond motifs is 3. The lowest BCUT2D eigenvalue weighted by Crippen LogP contribution is -2.47. The van der Waals surface area contributed by atoms with Crippen LogP contribution in [0.1, 0.15) is 36.7 Å². The molecule has 0 fully saturated rings. The lowest BCUT2D eigenvalue weighted by atomic mass is 9.94. The molecule has 2 aromatic rings. The second-order valence-electron chi connectivity index (χ2n) is 8.60. The molecule has 1 heterocycles. The average Bonchev–Trinajstić information content (AvgIpc) is 2.85. The van der Waals surface area contributed by atoms with Gasteiger partial charge in [-0.3, -0.25) is 4.79 Å². The van der Waals surface area contributed by atoms with Gasteiger partial charge in [-0.1, -0.05) is 49.4 Å². The van der Waals surface area contributed by atoms with Crippen molar-refractivity contribution in [2.24, 2.45) is 5.92 Å². The van der Waals surface area contributed by atoms with Gasteiger partial charge in [0.1, 0.15) is 0 Å². The molecule has 2 aromatic carbocycles. The van der Waals surface area contributed by atoms with Crippen molar-refractivity contribution in [1.82, 2.24) is 9.80 Å². The molecule has 0 unspecified atom stereocenters. The Morgan fingerprint density at radius 1 is 1.18 bits per heavy atom. The van der Waals surface area contributed by atoms with Crippen LogP contribution in [0.3, 0.4) is 0 Å². The van der Waals surface area contributed by atoms with E-state index in [1.165, 1.54) is 4.90 Å². The molecule has 0 saturated heterocycles. The van der Waals surface area contributed by atoms with E-state index >= 15 is 0 Å². The van der Waals surface area contributed by atoms with E-state index in [0.29, 0.717) is 31.9 Å². The van der Waals surface area contributed by atoms with Gasteiger partial charge in [-0.25, -0.2) is 4.79 Å². The Morgan fingerprint density at radius 3 is 2.48 bits per heavy atom. The molecule has 1 aliphatic rings. The van der Waals surface area contributed by atoms with E-state index in [9.17, 15) is 14.7 Å². The first-order chi connectivity index (χ1) is 15.9. The summed E-state index contributed by atoms with van der Waals surface area (Å²) >= 11 is 0. The first-order valence-corrected chi connectivity index (χ1v) is 11.5. The maximum absolute atomic E-state index is 13.7. The number of amides is 2. The second-order valence-corrected chi connectivity index (χ2v) is 8.60. The standard InChI is InChI=1S/C26H34N2O5/c1-5-32-26(31)27(4)15-24-18(2)14-28(19(3)16-29)25(30)23-13-9-8-12-22(23)21-11-7-6-10-20(21)17-33-24/h6-13,18-19,24,29H,5,14-17H2,1-4H3/t18-,19+,24-/m0/s1. The zero-order valence-corrected chi connectivity index (χ0v) is 19.9. The molecule has 178 valence electrons. The van der Waals surface area contributed by atoms with Crippen LogP contribution in [0.25, 0.3) is 11.1 Å². The molecule has 2 amide bonds. The highest BCUT2D eigenvalue weighted by Gasteiger charge is 2.31. The van der Waals surface area contributed by atoms with Crippen molar-refractivity contribution >= 4 is 12.0 Å². The molecule has 7 heteroatoms. The van der Waals surface area contributed by atoms with Gasteiger partial charge in [0.05, 0.1) is 38.5 Å². The molecule has 33 heavy (non-hydrogen) atoms. The third kappa shape index (κ3) is 5.72. The molecule has 1 aliphatic heterocycles. The van der Waals surface area contributed by atoms with Gasteiger partial charge in [-0.2, -0.15) is 0 Å². The van der Waals surface area contributed by atoms with E-state index in [0.717, 1.165) is 16.7 Å². The van der Waals surface area contributed by atoms with Crippen LogP contribution in [-0.4, -0.2) is 72.4 Å². The number of likely N-dealkylation sites (N-methyl/N-ethyl adjacent to an activating group) is 1. The topological polar surface area (TPSA) is 79.3 Å². The highest BCUT2D eigenvalue weighted by Crippen LogP contribution is 2.31. The zero-order valence-electron chi connectivity index (χ0n) is 19.9. The van der Waals surface area contributed by atoms with Crippen molar-refractivity contribution in [3.8, 4) is 11.1 Å². The molecule has 0 spiro atoms. The predicted octanol–water partition coefficient (Wildman–Crippen LogP) is 3.80. The Labute approximate surface area is 195 Å². The Hall–Kier alpha value is -2.90. The molecule has 0 bridgehead atoms. The van der Waals surface area contributed by atoms with E-state index in [1.807, 2.05) is 62.4 Å². The number of ether oxygens (including phenoxy) is 2. The summed E-state index contributed by atoms with van der Waals surface area (Å²) in [5, 5.41) is 9.89. The SMILES string of the molecule is CCOC(=O)N(C)C[C@@H]1OCc2ccccc2-c2ccccc2C(=O)N([C@H](C)CO)C[C@@H]1C. The fourth-order valence-electron chi connectivity index (χ4n) is 4.13. The van der Waals surface area contributed by atoms with Gasteiger partial charge in [0.2, 0.25) is 0 Å². The van der Waals surface area contributed by atoms with Crippen LogP contribution in [-0.2, 0) is 16.1 Å². The average molecular weight is 455 g/mol. The summed E-state index contributed by atoms with van der Waals surface area (Å²) in [5.74, 6) is -0.231. The van der Waals surface area contributed by atoms with Crippen molar-refractivity contribution in [2.75, 3.05) is 33.4 Å². The Balaban J connectivity index is 2.04. The number of hydrogen-bond donors (Lipinski definition) is 1. The quantitative estimate of drug-likeness (QED) is 0.744. The van der Waals surface area contributed by atoms with Crippen molar-refractivity contribution in [3.05, 3.63) is 59.7 Å². The number of aliphatic hydroxyl groups excluding tert-OH is 1. The Bertz CT molecular complexity index is 963. The Morgan fingerprint density at radius 2 is 1.82 bits per heavy atom. The minimum Gasteiger partial charge on any atom is -0.450 e. The molecule has 0 radical (unpaired) electrons. The van der Waals surface area contributed by atoms with Gasteiger partial charge in [0, 0.05) is 25.1 Å². The third-order valence-corrected chi connectivity index (χ3v) is 6.13. The number of nitrogens with zero attached hydrogens (tertiary/aromatic N) is 2. The van der Waals surface area contributed by atoms with Gasteiger partial charge in [0.15, 0.2) is 0 Å². The van der Waals surface area contributed by atoms with E-state index < -0.39 is 6.09 Å². The van der Waals surface area contributed by atoms with Crippen LogP contribution < -0.4 is 0 Å². The minimum absolute atomic E-state index is 0.0998. The zero-order chi connectivity index (χ0) is 24.0. The third-order valence-electron chi connectivity index (χ3n) is 6.13. The lowest BCUT2D eigenvalue weighted by Gasteiger charge is -2.35. The van der Waals surface area contributed by atoms with E-state index in [1.54, 1.807) is 18.9 Å². The molecule has 0 aliphatic carbocycles. The number of aliphatic hydroxyl groups is 1. The normalized spacial score (nSPS) is 19.7. The van der Waals surface area contributed by atoms with Crippen molar-refractivity contribution in [2.45, 2.75) is 39.5 Å². The van der Waals surface area contributed by atoms with Gasteiger partial charge in [-0.05, 0) is 36.6 Å². The lowest BCUT2D eigenvalue weighted by molar-refractivity contribution is -0.0227. The van der Waals surface area contributed by atoms with E-state index in [4.69, 9.17) is 9.47 Å². The van der Waals surface area contributed by atoms with Crippen LogP contribution in [0.2, 0.25) is 0 Å². The van der Waals surface area contributed by atoms with Crippen molar-refractivity contribution in [3.63, 3.8) is 0 Å². The number of hydrogen-bond acceptors (Lipinski definition) is 5. The number of carbonyl (C=O) groups excluding carboxylic acids is 2. The maximum Gasteiger partial charge on any atom is 0.409 e. The molecule has 1 N–H and O–H groups in total. The molecular weight excluding hydrogens is 420 g/mol. The summed E-state index contributed by atoms with van der Waals surface area (Å²) in [5.41, 5.74) is 3.34. The number of rotatable bonds is 5. The van der Waals surface area contributed by atoms with Crippen LogP contribution in [0.5, 0.6) is 0 Å². The predicted molar refractivity (Wildman–Crippen MR) is 127 cm³/mol. The fraction of sp³-hybridized carbons (Fsp3) is 0.462. The van der Waals surface area contributed by atoms with Crippen LogP contribution >= 0.6 is 0 Å². The maximum atomic E-state index is 13.7. The molecule has 0 aromatic heterocycles. The smallest absolute Gasteiger partial charge is 0.409 e. The van der Waals surface area contributed by atoms with E-state index in [-0.39, 0.29) is 30.6 Å². The summed E-state index contributed by atoms with van der Waals surface area (Å²) in [6.07, 6.45) is -0.748. The summed E-state index contributed by atoms with van der Waals surface area (Å²) in [7, 11) is 1.68. The van der Waals surface area contributed by atoms with Crippen LogP contribution in [0.4, 0.5) is 4.79 Å². The Kier molecular flexibility index (Phi) is 8.47. The molecule has 3 atom stereocenters. The second kappa shape index (κ2) is 11.3. The van der Waals surface area contributed by atoms with Gasteiger partial charge < -0.3 is 24.4 Å².